The first kappa shape index (κ1) is 10.5. The van der Waals surface area contributed by atoms with Gasteiger partial charge < -0.3 is 10.5 Å². The molecule has 2 nitrogen and oxygen atoms in total. The Morgan fingerprint density at radius 3 is 2.33 bits per heavy atom. The fraction of sp³-hybridized carbons (Fsp3) is 0.538. The largest absolute Gasteiger partial charge is 0.497 e. The number of aryl methyl sites for hydroxylation is 1. The first-order valence-electron chi connectivity index (χ1n) is 5.38. The van der Waals surface area contributed by atoms with E-state index in [9.17, 15) is 0 Å². The van der Waals surface area contributed by atoms with Crippen molar-refractivity contribution in [2.24, 2.45) is 11.1 Å². The second-order valence-corrected chi connectivity index (χ2v) is 5.05. The molecule has 2 atom stereocenters. The van der Waals surface area contributed by atoms with E-state index in [1.54, 1.807) is 7.11 Å². The fourth-order valence-electron chi connectivity index (χ4n) is 2.40. The van der Waals surface area contributed by atoms with Gasteiger partial charge in [0.05, 0.1) is 7.11 Å². The molecule has 1 aliphatic rings. The van der Waals surface area contributed by atoms with Gasteiger partial charge in [0.1, 0.15) is 5.75 Å². The molecule has 0 aliphatic heterocycles. The third-order valence-electron chi connectivity index (χ3n) is 3.72. The molecular formula is C13H19NO. The molecular weight excluding hydrogens is 186 g/mol. The van der Waals surface area contributed by atoms with Crippen molar-refractivity contribution < 1.29 is 4.74 Å². The van der Waals surface area contributed by atoms with E-state index >= 15 is 0 Å². The molecule has 1 aliphatic carbocycles. The molecule has 0 saturated heterocycles. The zero-order valence-corrected chi connectivity index (χ0v) is 9.87. The highest BCUT2D eigenvalue weighted by molar-refractivity contribution is 5.43. The summed E-state index contributed by atoms with van der Waals surface area (Å²) < 4.78 is 5.20. The molecule has 1 saturated carbocycles. The third-order valence-corrected chi connectivity index (χ3v) is 3.72. The van der Waals surface area contributed by atoms with Crippen molar-refractivity contribution in [2.75, 3.05) is 7.11 Å². The summed E-state index contributed by atoms with van der Waals surface area (Å²) in [7, 11) is 1.70. The number of methoxy groups -OCH3 is 1. The normalized spacial score (nSPS) is 27.5. The Morgan fingerprint density at radius 2 is 1.93 bits per heavy atom. The minimum atomic E-state index is 0.249. The maximum atomic E-state index is 6.08. The van der Waals surface area contributed by atoms with Gasteiger partial charge in [0.15, 0.2) is 0 Å². The maximum Gasteiger partial charge on any atom is 0.119 e. The maximum absolute atomic E-state index is 6.08. The molecule has 15 heavy (non-hydrogen) atoms. The molecule has 2 rings (SSSR count). The molecule has 2 heteroatoms. The molecule has 0 aromatic heterocycles. The summed E-state index contributed by atoms with van der Waals surface area (Å²) in [5.74, 6) is 1.42. The van der Waals surface area contributed by atoms with Crippen LogP contribution in [-0.2, 0) is 0 Å². The van der Waals surface area contributed by atoms with Crippen molar-refractivity contribution in [3.8, 4) is 5.75 Å². The van der Waals surface area contributed by atoms with Gasteiger partial charge in [0, 0.05) is 12.0 Å². The van der Waals surface area contributed by atoms with Crippen molar-refractivity contribution in [3.63, 3.8) is 0 Å². The van der Waals surface area contributed by atoms with Gasteiger partial charge in [-0.25, -0.2) is 0 Å². The van der Waals surface area contributed by atoms with Crippen molar-refractivity contribution in [2.45, 2.75) is 32.7 Å². The molecule has 0 heterocycles. The first-order chi connectivity index (χ1) is 6.98. The van der Waals surface area contributed by atoms with Crippen LogP contribution in [-0.4, -0.2) is 13.2 Å². The van der Waals surface area contributed by atoms with Crippen LogP contribution in [0.5, 0.6) is 5.75 Å². The predicted octanol–water partition coefficient (Wildman–Crippen LogP) is 2.45. The van der Waals surface area contributed by atoms with E-state index in [2.05, 4.69) is 32.9 Å². The van der Waals surface area contributed by atoms with Crippen LogP contribution in [0.25, 0.3) is 0 Å². The van der Waals surface area contributed by atoms with Gasteiger partial charge in [-0.05, 0) is 35.6 Å². The zero-order chi connectivity index (χ0) is 11.2. The van der Waals surface area contributed by atoms with Crippen LogP contribution < -0.4 is 10.5 Å². The Kier molecular flexibility index (Phi) is 2.27. The standard InChI is InChI=1S/C13H19NO/c1-8-7-9(15-4)5-6-10(8)11-12(14)13(11,2)3/h5-7,11-12H,14H2,1-4H3/t11-,12-/m1/s1. The SMILES string of the molecule is COc1ccc([C@@H]2[C@@H](N)C2(C)C)c(C)c1. The highest BCUT2D eigenvalue weighted by Crippen LogP contribution is 2.58. The van der Waals surface area contributed by atoms with Crippen molar-refractivity contribution in [1.29, 1.82) is 0 Å². The van der Waals surface area contributed by atoms with Gasteiger partial charge in [-0.2, -0.15) is 0 Å². The van der Waals surface area contributed by atoms with E-state index in [4.69, 9.17) is 10.5 Å². The highest BCUT2D eigenvalue weighted by Gasteiger charge is 2.56. The van der Waals surface area contributed by atoms with Gasteiger partial charge in [-0.1, -0.05) is 19.9 Å². The first-order valence-corrected chi connectivity index (χ1v) is 5.38. The molecule has 0 spiro atoms. The summed E-state index contributed by atoms with van der Waals surface area (Å²) in [6, 6.07) is 6.54. The van der Waals surface area contributed by atoms with Crippen LogP contribution in [0.2, 0.25) is 0 Å². The Hall–Kier alpha value is -1.02. The quantitative estimate of drug-likeness (QED) is 0.805. The van der Waals surface area contributed by atoms with Gasteiger partial charge in [0.25, 0.3) is 0 Å². The van der Waals surface area contributed by atoms with Crippen LogP contribution in [0.3, 0.4) is 0 Å². The predicted molar refractivity (Wildman–Crippen MR) is 62.2 cm³/mol. The Bertz CT molecular complexity index is 384. The molecule has 1 aromatic rings. The van der Waals surface area contributed by atoms with E-state index in [0.717, 1.165) is 5.75 Å². The Labute approximate surface area is 91.4 Å². The topological polar surface area (TPSA) is 35.2 Å². The summed E-state index contributed by atoms with van der Waals surface area (Å²) in [6.45, 7) is 6.58. The number of ether oxygens (including phenoxy) is 1. The van der Waals surface area contributed by atoms with Crippen LogP contribution in [0.1, 0.15) is 30.9 Å². The number of rotatable bonds is 2. The highest BCUT2D eigenvalue weighted by atomic mass is 16.5. The van der Waals surface area contributed by atoms with Crippen molar-refractivity contribution in [3.05, 3.63) is 29.3 Å². The average molecular weight is 205 g/mol. The fourth-order valence-corrected chi connectivity index (χ4v) is 2.40. The minimum Gasteiger partial charge on any atom is -0.497 e. The monoisotopic (exact) mass is 205 g/mol. The van der Waals surface area contributed by atoms with Gasteiger partial charge in [0.2, 0.25) is 0 Å². The lowest BCUT2D eigenvalue weighted by Gasteiger charge is -2.09. The molecule has 1 fully saturated rings. The third kappa shape index (κ3) is 1.53. The molecule has 0 unspecified atom stereocenters. The molecule has 0 amide bonds. The lowest BCUT2D eigenvalue weighted by Crippen LogP contribution is -2.06. The van der Waals surface area contributed by atoms with Gasteiger partial charge in [-0.3, -0.25) is 0 Å². The Morgan fingerprint density at radius 1 is 1.33 bits per heavy atom. The summed E-state index contributed by atoms with van der Waals surface area (Å²) in [6.07, 6.45) is 0. The second-order valence-electron chi connectivity index (χ2n) is 5.05. The molecule has 82 valence electrons. The number of hydrogen-bond donors (Lipinski definition) is 1. The van der Waals surface area contributed by atoms with E-state index in [1.165, 1.54) is 11.1 Å². The smallest absolute Gasteiger partial charge is 0.119 e. The summed E-state index contributed by atoms with van der Waals surface area (Å²) >= 11 is 0. The zero-order valence-electron chi connectivity index (χ0n) is 9.87. The molecule has 0 bridgehead atoms. The second kappa shape index (κ2) is 3.24. The van der Waals surface area contributed by atoms with E-state index in [0.29, 0.717) is 12.0 Å². The number of benzene rings is 1. The summed E-state index contributed by atoms with van der Waals surface area (Å²) in [5, 5.41) is 0. The van der Waals surface area contributed by atoms with Crippen LogP contribution in [0.15, 0.2) is 18.2 Å². The van der Waals surface area contributed by atoms with Gasteiger partial charge in [-0.15, -0.1) is 0 Å². The Balaban J connectivity index is 2.32. The lowest BCUT2D eigenvalue weighted by molar-refractivity contribution is 0.414. The summed E-state index contributed by atoms with van der Waals surface area (Å²) in [5.41, 5.74) is 8.98. The van der Waals surface area contributed by atoms with E-state index in [1.807, 2.05) is 6.07 Å². The van der Waals surface area contributed by atoms with E-state index in [-0.39, 0.29) is 5.41 Å². The van der Waals surface area contributed by atoms with E-state index < -0.39 is 0 Å². The molecule has 1 aromatic carbocycles. The van der Waals surface area contributed by atoms with Crippen LogP contribution >= 0.6 is 0 Å². The molecule has 2 N–H and O–H groups in total. The summed E-state index contributed by atoms with van der Waals surface area (Å²) in [4.78, 5) is 0. The minimum absolute atomic E-state index is 0.249. The molecule has 0 radical (unpaired) electrons. The average Bonchev–Trinajstić information content (AvgIpc) is 2.67. The van der Waals surface area contributed by atoms with Crippen LogP contribution in [0, 0.1) is 12.3 Å². The van der Waals surface area contributed by atoms with Crippen molar-refractivity contribution in [1.82, 2.24) is 0 Å². The van der Waals surface area contributed by atoms with Crippen molar-refractivity contribution >= 4 is 0 Å². The number of hydrogen-bond acceptors (Lipinski definition) is 2. The lowest BCUT2D eigenvalue weighted by atomic mass is 9.99. The van der Waals surface area contributed by atoms with Crippen LogP contribution in [0.4, 0.5) is 0 Å². The number of nitrogens with two attached hydrogens (primary N) is 1. The van der Waals surface area contributed by atoms with Gasteiger partial charge >= 0.3 is 0 Å².